The van der Waals surface area contributed by atoms with E-state index in [9.17, 15) is 22.8 Å². The van der Waals surface area contributed by atoms with Crippen LogP contribution >= 0.6 is 0 Å². The minimum absolute atomic E-state index is 0.0918. The summed E-state index contributed by atoms with van der Waals surface area (Å²) in [5.41, 5.74) is 1.29. The van der Waals surface area contributed by atoms with Crippen LogP contribution in [0.5, 0.6) is 11.6 Å². The molecule has 1 heterocycles. The lowest BCUT2D eigenvalue weighted by molar-refractivity contribution is -0.114. The van der Waals surface area contributed by atoms with Gasteiger partial charge >= 0.3 is 5.97 Å². The molecule has 0 aliphatic carbocycles. The topological polar surface area (TPSA) is 131 Å². The summed E-state index contributed by atoms with van der Waals surface area (Å²) < 4.78 is 30.3. The summed E-state index contributed by atoms with van der Waals surface area (Å²) in [5.74, 6) is -1.25. The van der Waals surface area contributed by atoms with Gasteiger partial charge in [0.15, 0.2) is 5.88 Å². The van der Waals surface area contributed by atoms with Crippen molar-refractivity contribution in [1.29, 1.82) is 0 Å². The molecule has 0 atom stereocenters. The normalized spacial score (nSPS) is 10.8. The molecule has 0 fully saturated rings. The summed E-state index contributed by atoms with van der Waals surface area (Å²) in [5, 5.41) is 10.1. The van der Waals surface area contributed by atoms with E-state index >= 15 is 0 Å². The fraction of sp³-hybridized carbons (Fsp3) is 0.0645. The SMILES string of the molecule is CCC(=O)C(=O)c1ccc(S(=O)(=O)c2ccccc2)cc1.O=C(O)c1ccccc1Oc1cc2ccccc2[nH]1. The summed E-state index contributed by atoms with van der Waals surface area (Å²) >= 11 is 0. The van der Waals surface area contributed by atoms with Crippen LogP contribution in [0.3, 0.4) is 0 Å². The lowest BCUT2D eigenvalue weighted by Crippen LogP contribution is -2.12. The Morgan fingerprint density at radius 1 is 0.775 bits per heavy atom. The molecule has 9 heteroatoms. The first-order valence-electron chi connectivity index (χ1n) is 12.3. The van der Waals surface area contributed by atoms with E-state index in [2.05, 4.69) is 4.98 Å². The lowest BCUT2D eigenvalue weighted by Gasteiger charge is -2.05. The third-order valence-corrected chi connectivity index (χ3v) is 7.68. The van der Waals surface area contributed by atoms with Crippen molar-refractivity contribution in [2.75, 3.05) is 0 Å². The zero-order chi connectivity index (χ0) is 28.7. The van der Waals surface area contributed by atoms with Crippen molar-refractivity contribution in [3.63, 3.8) is 0 Å². The minimum Gasteiger partial charge on any atom is -0.478 e. The van der Waals surface area contributed by atoms with Crippen LogP contribution in [0, 0.1) is 0 Å². The maximum absolute atomic E-state index is 12.4. The van der Waals surface area contributed by atoms with Gasteiger partial charge in [-0.15, -0.1) is 0 Å². The summed E-state index contributed by atoms with van der Waals surface area (Å²) in [4.78, 5) is 37.5. The summed E-state index contributed by atoms with van der Waals surface area (Å²) in [6.07, 6.45) is 0.128. The monoisotopic (exact) mass is 555 g/mol. The first-order chi connectivity index (χ1) is 19.2. The highest BCUT2D eigenvalue weighted by Gasteiger charge is 2.19. The number of para-hydroxylation sites is 2. The number of carboxylic acids is 1. The Bertz CT molecular complexity index is 1740. The van der Waals surface area contributed by atoms with Gasteiger partial charge in [0.05, 0.1) is 9.79 Å². The summed E-state index contributed by atoms with van der Waals surface area (Å²) in [6.45, 7) is 1.61. The standard InChI is InChI=1S/C16H14O4S.C15H11NO3/c1-2-15(17)16(18)12-8-10-14(11-9-12)21(19,20)13-6-4-3-5-7-13;17-15(18)11-6-2-4-8-13(11)19-14-9-10-5-1-3-7-12(10)16-14/h3-11H,2H2,1H3;1-9,16H,(H,17,18). The molecule has 40 heavy (non-hydrogen) atoms. The number of hydrogen-bond donors (Lipinski definition) is 2. The molecule has 0 unspecified atom stereocenters. The Balaban J connectivity index is 0.000000186. The number of hydrogen-bond acceptors (Lipinski definition) is 6. The molecule has 8 nitrogen and oxygen atoms in total. The van der Waals surface area contributed by atoms with Gasteiger partial charge in [-0.2, -0.15) is 0 Å². The second kappa shape index (κ2) is 12.2. The van der Waals surface area contributed by atoms with E-state index in [0.717, 1.165) is 10.9 Å². The number of ketones is 2. The zero-order valence-corrected chi connectivity index (χ0v) is 22.2. The predicted molar refractivity (Wildman–Crippen MR) is 150 cm³/mol. The number of aromatic carboxylic acids is 1. The number of fused-ring (bicyclic) bond motifs is 1. The number of carbonyl (C=O) groups excluding carboxylic acids is 2. The Morgan fingerprint density at radius 3 is 2.02 bits per heavy atom. The van der Waals surface area contributed by atoms with E-state index in [1.165, 1.54) is 42.5 Å². The van der Waals surface area contributed by atoms with Crippen LogP contribution < -0.4 is 4.74 Å². The average molecular weight is 556 g/mol. The summed E-state index contributed by atoms with van der Waals surface area (Å²) in [6, 6.07) is 29.6. The van der Waals surface area contributed by atoms with E-state index in [1.54, 1.807) is 43.3 Å². The number of aromatic amines is 1. The van der Waals surface area contributed by atoms with E-state index in [-0.39, 0.29) is 27.3 Å². The van der Waals surface area contributed by atoms with Crippen molar-refractivity contribution < 1.29 is 32.6 Å². The van der Waals surface area contributed by atoms with E-state index in [0.29, 0.717) is 11.6 Å². The number of H-pyrrole nitrogens is 1. The highest BCUT2D eigenvalue weighted by atomic mass is 32.2. The molecule has 0 saturated heterocycles. The molecule has 5 aromatic rings. The second-order valence-electron chi connectivity index (χ2n) is 8.57. The molecule has 0 aliphatic heterocycles. The smallest absolute Gasteiger partial charge is 0.339 e. The van der Waals surface area contributed by atoms with Crippen LogP contribution in [0.15, 0.2) is 119 Å². The van der Waals surface area contributed by atoms with Gasteiger partial charge in [-0.05, 0) is 54.6 Å². The number of rotatable bonds is 8. The van der Waals surface area contributed by atoms with Gasteiger partial charge in [-0.1, -0.05) is 55.5 Å². The van der Waals surface area contributed by atoms with Crippen LogP contribution in [0.2, 0.25) is 0 Å². The number of benzene rings is 4. The van der Waals surface area contributed by atoms with E-state index < -0.39 is 27.4 Å². The molecular formula is C31H25NO7S. The number of aromatic nitrogens is 1. The van der Waals surface area contributed by atoms with Crippen molar-refractivity contribution in [3.05, 3.63) is 120 Å². The van der Waals surface area contributed by atoms with Gasteiger partial charge in [-0.25, -0.2) is 13.2 Å². The van der Waals surface area contributed by atoms with Crippen molar-refractivity contribution >= 4 is 38.3 Å². The van der Waals surface area contributed by atoms with Crippen molar-refractivity contribution in [2.24, 2.45) is 0 Å². The van der Waals surface area contributed by atoms with Crippen LogP contribution in [0.25, 0.3) is 10.9 Å². The third kappa shape index (κ3) is 6.33. The Hall–Kier alpha value is -5.02. The van der Waals surface area contributed by atoms with Gasteiger partial charge in [0.2, 0.25) is 21.4 Å². The fourth-order valence-electron chi connectivity index (χ4n) is 3.80. The second-order valence-corrected chi connectivity index (χ2v) is 10.5. The van der Waals surface area contributed by atoms with Gasteiger partial charge < -0.3 is 14.8 Å². The molecule has 0 saturated carbocycles. The molecule has 4 aromatic carbocycles. The molecule has 0 radical (unpaired) electrons. The van der Waals surface area contributed by atoms with E-state index in [1.807, 2.05) is 30.3 Å². The first kappa shape index (κ1) is 28.0. The predicted octanol–water partition coefficient (Wildman–Crippen LogP) is 6.34. The van der Waals surface area contributed by atoms with Crippen LogP contribution in [0.1, 0.15) is 34.1 Å². The molecule has 1 aromatic heterocycles. The number of Topliss-reactive ketones (excluding diaryl/α,β-unsaturated/α-hetero) is 2. The molecule has 0 aliphatic rings. The first-order valence-corrected chi connectivity index (χ1v) is 13.7. The molecule has 0 bridgehead atoms. The van der Waals surface area contributed by atoms with Gasteiger partial charge in [0, 0.05) is 29.0 Å². The third-order valence-electron chi connectivity index (χ3n) is 5.90. The number of sulfone groups is 1. The van der Waals surface area contributed by atoms with Gasteiger partial charge in [-0.3, -0.25) is 9.59 Å². The van der Waals surface area contributed by atoms with Crippen LogP contribution in [0.4, 0.5) is 0 Å². The maximum Gasteiger partial charge on any atom is 0.339 e. The molecular weight excluding hydrogens is 530 g/mol. The zero-order valence-electron chi connectivity index (χ0n) is 21.4. The highest BCUT2D eigenvalue weighted by molar-refractivity contribution is 7.91. The van der Waals surface area contributed by atoms with Gasteiger partial charge in [0.25, 0.3) is 0 Å². The molecule has 202 valence electrons. The van der Waals surface area contributed by atoms with Crippen LogP contribution in [-0.2, 0) is 14.6 Å². The molecule has 0 spiro atoms. The Labute approximate surface area is 230 Å². The molecule has 2 N–H and O–H groups in total. The number of nitrogens with one attached hydrogen (secondary N) is 1. The van der Waals surface area contributed by atoms with Crippen molar-refractivity contribution in [3.8, 4) is 11.6 Å². The number of carboxylic acid groups (broad SMARTS) is 1. The number of carbonyl (C=O) groups is 3. The van der Waals surface area contributed by atoms with Gasteiger partial charge in [0.1, 0.15) is 11.3 Å². The quantitative estimate of drug-likeness (QED) is 0.169. The molecule has 5 rings (SSSR count). The highest BCUT2D eigenvalue weighted by Crippen LogP contribution is 2.27. The Morgan fingerprint density at radius 2 is 1.38 bits per heavy atom. The van der Waals surface area contributed by atoms with Crippen molar-refractivity contribution in [2.45, 2.75) is 23.1 Å². The summed E-state index contributed by atoms with van der Waals surface area (Å²) in [7, 11) is -3.60. The Kier molecular flexibility index (Phi) is 8.56. The van der Waals surface area contributed by atoms with Crippen LogP contribution in [-0.4, -0.2) is 36.0 Å². The van der Waals surface area contributed by atoms with Crippen molar-refractivity contribution in [1.82, 2.24) is 4.98 Å². The molecule has 0 amide bonds. The minimum atomic E-state index is -3.60. The van der Waals surface area contributed by atoms with E-state index in [4.69, 9.17) is 9.84 Å². The fourth-order valence-corrected chi connectivity index (χ4v) is 5.08. The maximum atomic E-state index is 12.4. The number of ether oxygens (including phenoxy) is 1. The lowest BCUT2D eigenvalue weighted by atomic mass is 10.1. The largest absolute Gasteiger partial charge is 0.478 e. The average Bonchev–Trinajstić information content (AvgIpc) is 3.40.